The van der Waals surface area contributed by atoms with Crippen molar-refractivity contribution in [2.24, 2.45) is 5.73 Å². The topological polar surface area (TPSA) is 131 Å². The molecule has 0 aliphatic heterocycles. The van der Waals surface area contributed by atoms with Crippen LogP contribution in [0.4, 0.5) is 0 Å². The Hall–Kier alpha value is -3.42. The smallest absolute Gasteiger partial charge is 0.264 e. The maximum absolute atomic E-state index is 14.1. The van der Waals surface area contributed by atoms with Gasteiger partial charge in [-0.15, -0.1) is 0 Å². The predicted molar refractivity (Wildman–Crippen MR) is 172 cm³/mol. The second kappa shape index (κ2) is 16.8. The standard InChI is InChI=1S/C34H39NO8S2/c1-44(36,37)43-31(26-40-23-27-14-6-2-7-15-27)33(41-24-28-16-8-3-9-17-28)34(42-25-29-18-10-4-11-19-29)32(22-35)45(38,39)30-20-12-5-13-21-30/h2-21,31-34H,22-26,35H2,1H3/t31-,32?,33-,34+/m1/s1. The number of sulfone groups is 1. The highest BCUT2D eigenvalue weighted by Gasteiger charge is 2.44. The van der Waals surface area contributed by atoms with Gasteiger partial charge in [0, 0.05) is 6.54 Å². The fourth-order valence-electron chi connectivity index (χ4n) is 4.85. The predicted octanol–water partition coefficient (Wildman–Crippen LogP) is 4.52. The van der Waals surface area contributed by atoms with Crippen LogP contribution in [0.3, 0.4) is 0 Å². The lowest BCUT2D eigenvalue weighted by Gasteiger charge is -2.36. The first-order chi connectivity index (χ1) is 21.7. The van der Waals surface area contributed by atoms with E-state index in [2.05, 4.69) is 0 Å². The molecule has 0 aliphatic carbocycles. The van der Waals surface area contributed by atoms with Crippen LogP contribution in [0.25, 0.3) is 0 Å². The Balaban J connectivity index is 1.76. The Morgan fingerprint density at radius 2 is 1.02 bits per heavy atom. The molecule has 4 aromatic rings. The summed E-state index contributed by atoms with van der Waals surface area (Å²) in [7, 11) is -8.16. The quantitative estimate of drug-likeness (QED) is 0.154. The molecule has 4 atom stereocenters. The number of hydrogen-bond acceptors (Lipinski definition) is 9. The Bertz CT molecular complexity index is 1640. The van der Waals surface area contributed by atoms with Crippen molar-refractivity contribution in [1.29, 1.82) is 0 Å². The van der Waals surface area contributed by atoms with Crippen LogP contribution in [-0.2, 0) is 58.2 Å². The second-order valence-electron chi connectivity index (χ2n) is 10.5. The van der Waals surface area contributed by atoms with Crippen LogP contribution in [0.15, 0.2) is 126 Å². The van der Waals surface area contributed by atoms with Gasteiger partial charge in [0.05, 0.1) is 37.6 Å². The van der Waals surface area contributed by atoms with Crippen LogP contribution < -0.4 is 5.73 Å². The monoisotopic (exact) mass is 653 g/mol. The van der Waals surface area contributed by atoms with Gasteiger partial charge in [0.2, 0.25) is 0 Å². The molecule has 240 valence electrons. The maximum Gasteiger partial charge on any atom is 0.264 e. The van der Waals surface area contributed by atoms with Gasteiger partial charge < -0.3 is 19.9 Å². The van der Waals surface area contributed by atoms with E-state index in [9.17, 15) is 16.8 Å². The fourth-order valence-corrected chi connectivity index (χ4v) is 7.19. The van der Waals surface area contributed by atoms with Gasteiger partial charge in [0.1, 0.15) is 23.6 Å². The van der Waals surface area contributed by atoms with E-state index in [4.69, 9.17) is 24.1 Å². The molecule has 0 radical (unpaired) electrons. The molecule has 0 saturated carbocycles. The summed E-state index contributed by atoms with van der Waals surface area (Å²) in [6.07, 6.45) is -2.87. The van der Waals surface area contributed by atoms with E-state index in [-0.39, 0.29) is 37.9 Å². The molecule has 1 unspecified atom stereocenters. The van der Waals surface area contributed by atoms with Crippen molar-refractivity contribution in [1.82, 2.24) is 0 Å². The van der Waals surface area contributed by atoms with Crippen molar-refractivity contribution < 1.29 is 35.2 Å². The minimum absolute atomic E-state index is 0.00792. The average molecular weight is 654 g/mol. The summed E-state index contributed by atoms with van der Waals surface area (Å²) in [6, 6.07) is 35.7. The zero-order chi connectivity index (χ0) is 32.1. The maximum atomic E-state index is 14.1. The average Bonchev–Trinajstić information content (AvgIpc) is 3.04. The van der Waals surface area contributed by atoms with Gasteiger partial charge in [-0.3, -0.25) is 4.18 Å². The molecule has 45 heavy (non-hydrogen) atoms. The van der Waals surface area contributed by atoms with E-state index < -0.39 is 43.5 Å². The molecule has 9 nitrogen and oxygen atoms in total. The first-order valence-corrected chi connectivity index (χ1v) is 17.8. The van der Waals surface area contributed by atoms with Crippen LogP contribution >= 0.6 is 0 Å². The summed E-state index contributed by atoms with van der Waals surface area (Å²) in [5.41, 5.74) is 8.63. The Morgan fingerprint density at radius 1 is 0.600 bits per heavy atom. The normalized spacial score (nSPS) is 14.8. The lowest BCUT2D eigenvalue weighted by atomic mass is 10.0. The first-order valence-electron chi connectivity index (χ1n) is 14.5. The molecule has 11 heteroatoms. The van der Waals surface area contributed by atoms with Crippen LogP contribution in [0.5, 0.6) is 0 Å². The van der Waals surface area contributed by atoms with Gasteiger partial charge in [-0.25, -0.2) is 8.42 Å². The Kier molecular flexibility index (Phi) is 12.8. The van der Waals surface area contributed by atoms with Crippen molar-refractivity contribution >= 4 is 20.0 Å². The van der Waals surface area contributed by atoms with E-state index in [0.29, 0.717) is 0 Å². The second-order valence-corrected chi connectivity index (χ2v) is 14.3. The lowest BCUT2D eigenvalue weighted by molar-refractivity contribution is -0.139. The van der Waals surface area contributed by atoms with Crippen molar-refractivity contribution in [3.8, 4) is 0 Å². The van der Waals surface area contributed by atoms with Crippen molar-refractivity contribution in [3.05, 3.63) is 138 Å². The lowest BCUT2D eigenvalue weighted by Crippen LogP contribution is -2.54. The van der Waals surface area contributed by atoms with E-state index >= 15 is 0 Å². The number of rotatable bonds is 18. The summed E-state index contributed by atoms with van der Waals surface area (Å²) >= 11 is 0. The third-order valence-electron chi connectivity index (χ3n) is 7.02. The number of benzene rings is 4. The molecule has 0 amide bonds. The first kappa shape index (κ1) is 34.5. The van der Waals surface area contributed by atoms with E-state index in [1.807, 2.05) is 91.0 Å². The van der Waals surface area contributed by atoms with Crippen LogP contribution in [0, 0.1) is 0 Å². The van der Waals surface area contributed by atoms with Gasteiger partial charge in [-0.2, -0.15) is 8.42 Å². The largest absolute Gasteiger partial charge is 0.374 e. The molecule has 4 aromatic carbocycles. The highest BCUT2D eigenvalue weighted by atomic mass is 32.2. The minimum atomic E-state index is -4.10. The third-order valence-corrected chi connectivity index (χ3v) is 9.81. The molecular weight excluding hydrogens is 615 g/mol. The molecular formula is C34H39NO8S2. The highest BCUT2D eigenvalue weighted by molar-refractivity contribution is 7.92. The van der Waals surface area contributed by atoms with Gasteiger partial charge in [0.25, 0.3) is 10.1 Å². The van der Waals surface area contributed by atoms with Crippen molar-refractivity contribution in [2.45, 2.75) is 48.3 Å². The van der Waals surface area contributed by atoms with Crippen molar-refractivity contribution in [2.75, 3.05) is 19.4 Å². The molecule has 0 spiro atoms. The third kappa shape index (κ3) is 10.6. The Labute approximate surface area is 266 Å². The highest BCUT2D eigenvalue weighted by Crippen LogP contribution is 2.27. The van der Waals surface area contributed by atoms with Gasteiger partial charge >= 0.3 is 0 Å². The van der Waals surface area contributed by atoms with Crippen LogP contribution in [0.1, 0.15) is 16.7 Å². The summed E-state index contributed by atoms with van der Waals surface area (Å²) in [6.45, 7) is -0.392. The number of ether oxygens (including phenoxy) is 3. The van der Waals surface area contributed by atoms with E-state index in [0.717, 1.165) is 22.9 Å². The van der Waals surface area contributed by atoms with Crippen LogP contribution in [0.2, 0.25) is 0 Å². The molecule has 0 fully saturated rings. The molecule has 2 N–H and O–H groups in total. The van der Waals surface area contributed by atoms with Crippen LogP contribution in [-0.4, -0.2) is 59.8 Å². The number of nitrogens with two attached hydrogens (primary N) is 1. The summed E-state index contributed by atoms with van der Waals surface area (Å²) in [5.74, 6) is 0. The zero-order valence-electron chi connectivity index (χ0n) is 25.1. The van der Waals surface area contributed by atoms with E-state index in [1.165, 1.54) is 12.1 Å². The van der Waals surface area contributed by atoms with Gasteiger partial charge in [-0.1, -0.05) is 109 Å². The zero-order valence-corrected chi connectivity index (χ0v) is 26.7. The Morgan fingerprint density at radius 3 is 1.47 bits per heavy atom. The SMILES string of the molecule is CS(=O)(=O)O[C@H](COCc1ccccc1)[C@@H](OCc1ccccc1)[C@@H](OCc1ccccc1)C(CN)S(=O)(=O)c1ccccc1. The molecule has 0 heterocycles. The summed E-state index contributed by atoms with van der Waals surface area (Å²) < 4.78 is 77.7. The molecule has 4 rings (SSSR count). The number of hydrogen-bond donors (Lipinski definition) is 1. The molecule has 0 aliphatic rings. The van der Waals surface area contributed by atoms with Gasteiger partial charge in [-0.05, 0) is 28.8 Å². The minimum Gasteiger partial charge on any atom is -0.374 e. The van der Waals surface area contributed by atoms with Gasteiger partial charge in [0.15, 0.2) is 9.84 Å². The summed E-state index contributed by atoms with van der Waals surface area (Å²) in [4.78, 5) is 0.0523. The van der Waals surface area contributed by atoms with Crippen molar-refractivity contribution in [3.63, 3.8) is 0 Å². The molecule has 0 bridgehead atoms. The molecule has 0 saturated heterocycles. The van der Waals surface area contributed by atoms with E-state index in [1.54, 1.807) is 18.2 Å². The molecule has 0 aromatic heterocycles. The fraction of sp³-hybridized carbons (Fsp3) is 0.294. The summed E-state index contributed by atoms with van der Waals surface area (Å²) in [5, 5.41) is -1.33.